The van der Waals surface area contributed by atoms with Crippen LogP contribution < -0.4 is 4.74 Å². The Morgan fingerprint density at radius 3 is 2.71 bits per heavy atom. The van der Waals surface area contributed by atoms with Gasteiger partial charge in [0.2, 0.25) is 0 Å². The van der Waals surface area contributed by atoms with Crippen LogP contribution in [-0.2, 0) is 20.9 Å². The minimum Gasteiger partial charge on any atom is -0.489 e. The predicted molar refractivity (Wildman–Crippen MR) is 66.4 cm³/mol. The Labute approximate surface area is 102 Å². The standard InChI is InChI=1S/C12H16O4S/c1-10(2)8-15-12-6-4-5-11(7-12)9-16-17(3,13)14/h4-7H,1,8-9H2,2-3H3. The molecule has 0 unspecified atom stereocenters. The molecule has 1 aromatic rings. The van der Waals surface area contributed by atoms with Gasteiger partial charge in [-0.25, -0.2) is 0 Å². The molecule has 17 heavy (non-hydrogen) atoms. The lowest BCUT2D eigenvalue weighted by atomic mass is 10.2. The zero-order chi connectivity index (χ0) is 12.9. The second-order valence-corrected chi connectivity index (χ2v) is 5.50. The molecule has 0 fully saturated rings. The minimum absolute atomic E-state index is 0.0170. The molecule has 0 saturated carbocycles. The molecule has 0 aliphatic carbocycles. The quantitative estimate of drug-likeness (QED) is 0.578. The lowest BCUT2D eigenvalue weighted by Crippen LogP contribution is -2.03. The molecule has 0 aliphatic heterocycles. The summed E-state index contributed by atoms with van der Waals surface area (Å²) in [6, 6.07) is 7.11. The summed E-state index contributed by atoms with van der Waals surface area (Å²) in [5.74, 6) is 0.669. The van der Waals surface area contributed by atoms with E-state index >= 15 is 0 Å². The van der Waals surface area contributed by atoms with Crippen molar-refractivity contribution in [2.75, 3.05) is 12.9 Å². The molecule has 0 bridgehead atoms. The molecule has 0 aliphatic rings. The average molecular weight is 256 g/mol. The molecule has 0 heterocycles. The van der Waals surface area contributed by atoms with E-state index < -0.39 is 10.1 Å². The maximum absolute atomic E-state index is 10.8. The summed E-state index contributed by atoms with van der Waals surface area (Å²) in [5, 5.41) is 0. The Bertz CT molecular complexity index is 491. The van der Waals surface area contributed by atoms with E-state index in [0.29, 0.717) is 12.4 Å². The van der Waals surface area contributed by atoms with Crippen LogP contribution in [0.3, 0.4) is 0 Å². The van der Waals surface area contributed by atoms with Gasteiger partial charge >= 0.3 is 0 Å². The van der Waals surface area contributed by atoms with E-state index in [0.717, 1.165) is 17.4 Å². The summed E-state index contributed by atoms with van der Waals surface area (Å²) in [6.45, 7) is 6.06. The van der Waals surface area contributed by atoms with Gasteiger partial charge in [-0.05, 0) is 30.2 Å². The highest BCUT2D eigenvalue weighted by Gasteiger charge is 2.03. The van der Waals surface area contributed by atoms with Gasteiger partial charge in [-0.3, -0.25) is 4.18 Å². The first-order valence-electron chi connectivity index (χ1n) is 5.07. The SMILES string of the molecule is C=C(C)COc1cccc(COS(C)(=O)=O)c1. The van der Waals surface area contributed by atoms with E-state index in [1.807, 2.05) is 6.92 Å². The van der Waals surface area contributed by atoms with Crippen molar-refractivity contribution in [1.82, 2.24) is 0 Å². The van der Waals surface area contributed by atoms with Gasteiger partial charge in [0.1, 0.15) is 12.4 Å². The van der Waals surface area contributed by atoms with Crippen molar-refractivity contribution in [1.29, 1.82) is 0 Å². The Morgan fingerprint density at radius 2 is 2.12 bits per heavy atom. The highest BCUT2D eigenvalue weighted by Crippen LogP contribution is 2.15. The predicted octanol–water partition coefficient (Wildman–Crippen LogP) is 2.12. The van der Waals surface area contributed by atoms with Crippen LogP contribution in [0.25, 0.3) is 0 Å². The van der Waals surface area contributed by atoms with Gasteiger partial charge in [0.25, 0.3) is 10.1 Å². The van der Waals surface area contributed by atoms with E-state index in [2.05, 4.69) is 6.58 Å². The van der Waals surface area contributed by atoms with Gasteiger partial charge in [0.05, 0.1) is 12.9 Å². The second-order valence-electron chi connectivity index (χ2n) is 3.86. The topological polar surface area (TPSA) is 52.6 Å². The fraction of sp³-hybridized carbons (Fsp3) is 0.333. The molecule has 0 radical (unpaired) electrons. The lowest BCUT2D eigenvalue weighted by Gasteiger charge is -2.07. The third kappa shape index (κ3) is 6.09. The van der Waals surface area contributed by atoms with E-state index in [9.17, 15) is 8.42 Å². The number of hydrogen-bond acceptors (Lipinski definition) is 4. The fourth-order valence-corrected chi connectivity index (χ4v) is 1.46. The van der Waals surface area contributed by atoms with Crippen LogP contribution in [0.2, 0.25) is 0 Å². The largest absolute Gasteiger partial charge is 0.489 e. The van der Waals surface area contributed by atoms with Crippen LogP contribution in [0.4, 0.5) is 0 Å². The highest BCUT2D eigenvalue weighted by atomic mass is 32.2. The highest BCUT2D eigenvalue weighted by molar-refractivity contribution is 7.85. The Balaban J connectivity index is 2.62. The van der Waals surface area contributed by atoms with Crippen molar-refractivity contribution in [3.8, 4) is 5.75 Å². The van der Waals surface area contributed by atoms with Crippen LogP contribution in [-0.4, -0.2) is 21.3 Å². The van der Waals surface area contributed by atoms with Crippen molar-refractivity contribution in [3.05, 3.63) is 42.0 Å². The number of hydrogen-bond donors (Lipinski definition) is 0. The maximum atomic E-state index is 10.8. The molecule has 4 nitrogen and oxygen atoms in total. The first-order chi connectivity index (χ1) is 7.87. The van der Waals surface area contributed by atoms with Gasteiger partial charge in [-0.2, -0.15) is 8.42 Å². The first-order valence-corrected chi connectivity index (χ1v) is 6.89. The molecule has 1 aromatic carbocycles. The Morgan fingerprint density at radius 1 is 1.41 bits per heavy atom. The fourth-order valence-electron chi connectivity index (χ4n) is 1.11. The molecular formula is C12H16O4S. The van der Waals surface area contributed by atoms with E-state index in [4.69, 9.17) is 8.92 Å². The van der Waals surface area contributed by atoms with E-state index in [1.165, 1.54) is 0 Å². The van der Waals surface area contributed by atoms with E-state index in [-0.39, 0.29) is 6.61 Å². The number of rotatable bonds is 6. The average Bonchev–Trinajstić information content (AvgIpc) is 2.23. The van der Waals surface area contributed by atoms with Crippen LogP contribution in [0.15, 0.2) is 36.4 Å². The number of benzene rings is 1. The van der Waals surface area contributed by atoms with Gasteiger partial charge in [-0.1, -0.05) is 18.7 Å². The van der Waals surface area contributed by atoms with Crippen LogP contribution >= 0.6 is 0 Å². The lowest BCUT2D eigenvalue weighted by molar-refractivity contribution is 0.309. The molecule has 0 amide bonds. The van der Waals surface area contributed by atoms with Crippen LogP contribution in [0.1, 0.15) is 12.5 Å². The van der Waals surface area contributed by atoms with Crippen molar-refractivity contribution in [2.45, 2.75) is 13.5 Å². The van der Waals surface area contributed by atoms with Gasteiger partial charge < -0.3 is 4.74 Å². The minimum atomic E-state index is -3.42. The zero-order valence-corrected chi connectivity index (χ0v) is 10.8. The van der Waals surface area contributed by atoms with Crippen molar-refractivity contribution in [2.24, 2.45) is 0 Å². The van der Waals surface area contributed by atoms with Crippen molar-refractivity contribution >= 4 is 10.1 Å². The first kappa shape index (κ1) is 13.7. The normalized spacial score (nSPS) is 11.2. The third-order valence-electron chi connectivity index (χ3n) is 1.82. The van der Waals surface area contributed by atoms with E-state index in [1.54, 1.807) is 24.3 Å². The third-order valence-corrected chi connectivity index (χ3v) is 2.37. The van der Waals surface area contributed by atoms with Gasteiger partial charge in [0.15, 0.2) is 0 Å². The van der Waals surface area contributed by atoms with Crippen LogP contribution in [0.5, 0.6) is 5.75 Å². The molecule has 0 saturated heterocycles. The molecular weight excluding hydrogens is 240 g/mol. The Kier molecular flexibility index (Phi) is 4.72. The smallest absolute Gasteiger partial charge is 0.264 e. The molecule has 94 valence electrons. The monoisotopic (exact) mass is 256 g/mol. The van der Waals surface area contributed by atoms with Gasteiger partial charge in [-0.15, -0.1) is 0 Å². The molecule has 0 atom stereocenters. The van der Waals surface area contributed by atoms with Gasteiger partial charge in [0, 0.05) is 0 Å². The summed E-state index contributed by atoms with van der Waals surface area (Å²) >= 11 is 0. The summed E-state index contributed by atoms with van der Waals surface area (Å²) in [7, 11) is -3.42. The summed E-state index contributed by atoms with van der Waals surface area (Å²) in [5.41, 5.74) is 1.66. The maximum Gasteiger partial charge on any atom is 0.264 e. The molecule has 0 N–H and O–H groups in total. The number of ether oxygens (including phenoxy) is 1. The molecule has 0 aromatic heterocycles. The zero-order valence-electron chi connectivity index (χ0n) is 9.97. The molecule has 5 heteroatoms. The second kappa shape index (κ2) is 5.84. The van der Waals surface area contributed by atoms with Crippen molar-refractivity contribution < 1.29 is 17.3 Å². The van der Waals surface area contributed by atoms with Crippen LogP contribution in [0, 0.1) is 0 Å². The summed E-state index contributed by atoms with van der Waals surface area (Å²) in [4.78, 5) is 0. The molecule has 0 spiro atoms. The Hall–Kier alpha value is -1.33. The summed E-state index contributed by atoms with van der Waals surface area (Å²) in [6.07, 6.45) is 1.02. The summed E-state index contributed by atoms with van der Waals surface area (Å²) < 4.78 is 31.8. The van der Waals surface area contributed by atoms with Crippen molar-refractivity contribution in [3.63, 3.8) is 0 Å². The molecule has 1 rings (SSSR count).